The van der Waals surface area contributed by atoms with E-state index < -0.39 is 64.6 Å². The van der Waals surface area contributed by atoms with Crippen molar-refractivity contribution in [3.8, 4) is 11.5 Å². The van der Waals surface area contributed by atoms with Crippen LogP contribution in [0.2, 0.25) is 0 Å². The van der Waals surface area contributed by atoms with Crippen LogP contribution < -0.4 is 34.8 Å². The van der Waals surface area contributed by atoms with Gasteiger partial charge in [0.25, 0.3) is 0 Å². The molecule has 240 valence electrons. The van der Waals surface area contributed by atoms with Gasteiger partial charge in [0.05, 0.1) is 21.7 Å². The van der Waals surface area contributed by atoms with Crippen molar-refractivity contribution in [2.75, 3.05) is 0 Å². The number of phenolic OH excluding ortho intramolecular Hbond substituents is 2. The number of carboxylic acid groups (broad SMARTS) is 2. The van der Waals surface area contributed by atoms with Crippen molar-refractivity contribution in [1.29, 1.82) is 0 Å². The zero-order valence-corrected chi connectivity index (χ0v) is 25.9. The summed E-state index contributed by atoms with van der Waals surface area (Å²) in [5, 5.41) is 38.5. The molecule has 0 atom stereocenters. The van der Waals surface area contributed by atoms with Crippen molar-refractivity contribution in [3.05, 3.63) is 47.5 Å². The maximum absolute atomic E-state index is 10.5. The smallest absolute Gasteiger partial charge is 0.744 e. The van der Waals surface area contributed by atoms with E-state index in [-0.39, 0.29) is 125 Å². The van der Waals surface area contributed by atoms with E-state index in [0.717, 1.165) is 12.1 Å². The second-order valence-corrected chi connectivity index (χ2v) is 7.54. The van der Waals surface area contributed by atoms with E-state index in [0.29, 0.717) is 24.3 Å². The summed E-state index contributed by atoms with van der Waals surface area (Å²) in [6.45, 7) is 0. The number of rotatable bonds is 4. The molecule has 2 aromatic carbocycles. The summed E-state index contributed by atoms with van der Waals surface area (Å²) in [6, 6.07) is 4.42. The van der Waals surface area contributed by atoms with E-state index >= 15 is 0 Å². The normalized spacial score (nSPS) is 8.26. The molecule has 38 heavy (non-hydrogen) atoms. The third-order valence-corrected chi connectivity index (χ3v) is 4.70. The molecule has 0 fully saturated rings. The van der Waals surface area contributed by atoms with Crippen molar-refractivity contribution in [3.63, 3.8) is 0 Å². The first-order valence-electron chi connectivity index (χ1n) is 6.65. The summed E-state index contributed by atoms with van der Waals surface area (Å²) in [4.78, 5) is 18.8. The van der Waals surface area contributed by atoms with Gasteiger partial charge in [-0.05, 0) is 24.3 Å². The predicted molar refractivity (Wildman–Crippen MR) is 108 cm³/mol. The topological polar surface area (TPSA) is 438 Å². The summed E-state index contributed by atoms with van der Waals surface area (Å²) in [6.07, 6.45) is 0. The molecular weight excluding hydrogens is 944 g/mol. The van der Waals surface area contributed by atoms with Gasteiger partial charge in [0.1, 0.15) is 31.7 Å². The number of benzene rings is 2. The van der Waals surface area contributed by atoms with Crippen molar-refractivity contribution in [2.45, 2.75) is 9.79 Å². The quantitative estimate of drug-likeness (QED) is 0.127. The van der Waals surface area contributed by atoms with E-state index in [9.17, 15) is 45.7 Å². The zero-order valence-electron chi connectivity index (χ0n) is 18.3. The molecule has 0 heterocycles. The first-order valence-corrected chi connectivity index (χ1v) is 9.46. The fourth-order valence-electron chi connectivity index (χ4n) is 1.71. The largest absolute Gasteiger partial charge is 1.00 e. The molecule has 0 amide bonds. The number of phenols is 2. The Hall–Kier alpha value is -0.479. The Morgan fingerprint density at radius 3 is 0.921 bits per heavy atom. The van der Waals surface area contributed by atoms with Gasteiger partial charge in [-0.1, -0.05) is 12.1 Å². The maximum Gasteiger partial charge on any atom is 1.00 e. The minimum atomic E-state index is -4.79. The van der Waals surface area contributed by atoms with Gasteiger partial charge < -0.3 is 74.7 Å². The average molecular weight is 968 g/mol. The van der Waals surface area contributed by atoms with Crippen LogP contribution in [0.3, 0.4) is 0 Å². The Labute approximate surface area is 279 Å². The van der Waals surface area contributed by atoms with Crippen LogP contribution in [-0.4, -0.2) is 59.0 Å². The van der Waals surface area contributed by atoms with Crippen LogP contribution in [0.5, 0.6) is 11.5 Å². The Kier molecular flexibility index (Phi) is 46.5. The SMILES string of the molecule is N.N.N.N.O.O.O=C([O-])c1ccc(S(=O)(=O)[O-])c(O)c1.O=C([O-])c1ccc(S(=O)(=O)[O-])c(O)c1.[Ag+].[Ag+].[Ag+].[Ag+]. The summed E-state index contributed by atoms with van der Waals surface area (Å²) >= 11 is 0. The van der Waals surface area contributed by atoms with Gasteiger partial charge in [-0.25, -0.2) is 16.8 Å². The van der Waals surface area contributed by atoms with Crippen molar-refractivity contribution < 1.29 is 156 Å². The molecule has 18 N–H and O–H groups in total. The second kappa shape index (κ2) is 26.7. The van der Waals surface area contributed by atoms with Gasteiger partial charge >= 0.3 is 89.5 Å². The van der Waals surface area contributed by atoms with Gasteiger partial charge in [-0.2, -0.15) is 0 Å². The number of aromatic hydroxyl groups is 2. The zero-order chi connectivity index (χ0) is 21.9. The maximum atomic E-state index is 10.5. The van der Waals surface area contributed by atoms with E-state index in [2.05, 4.69) is 0 Å². The molecule has 0 aliphatic heterocycles. The monoisotopic (exact) mass is 964 g/mol. The molecule has 18 nitrogen and oxygen atoms in total. The molecule has 2 aromatic rings. The average Bonchev–Trinajstić information content (AvgIpc) is 2.52. The summed E-state index contributed by atoms with van der Waals surface area (Å²) in [5.74, 6) is -4.95. The molecule has 0 radical (unpaired) electrons. The van der Waals surface area contributed by atoms with Crippen molar-refractivity contribution >= 4 is 32.2 Å². The Balaban J connectivity index is -0.0000000408. The molecule has 2 rings (SSSR count). The third kappa shape index (κ3) is 20.4. The predicted octanol–water partition coefficient (Wildman–Crippen LogP) is -3.69. The number of hydrogen-bond acceptors (Lipinski definition) is 16. The van der Waals surface area contributed by atoms with E-state index in [1.807, 2.05) is 0 Å². The molecule has 0 saturated heterocycles. The minimum absolute atomic E-state index is 0. The van der Waals surface area contributed by atoms with Crippen molar-refractivity contribution in [1.82, 2.24) is 24.6 Å². The van der Waals surface area contributed by atoms with Crippen LogP contribution in [0.15, 0.2) is 46.2 Å². The molecule has 0 bridgehead atoms. The van der Waals surface area contributed by atoms with E-state index in [4.69, 9.17) is 10.2 Å². The molecule has 0 aromatic heterocycles. The fraction of sp³-hybridized carbons (Fsp3) is 0. The van der Waals surface area contributed by atoms with Crippen LogP contribution >= 0.6 is 0 Å². The number of aromatic carboxylic acids is 2. The van der Waals surface area contributed by atoms with Gasteiger partial charge in [0.2, 0.25) is 0 Å². The minimum Gasteiger partial charge on any atom is -0.744 e. The van der Waals surface area contributed by atoms with Gasteiger partial charge in [0.15, 0.2) is 0 Å². The Morgan fingerprint density at radius 1 is 0.579 bits per heavy atom. The van der Waals surface area contributed by atoms with E-state index in [1.54, 1.807) is 0 Å². The van der Waals surface area contributed by atoms with Crippen LogP contribution in [0.4, 0.5) is 0 Å². The Morgan fingerprint density at radius 2 is 0.789 bits per heavy atom. The van der Waals surface area contributed by atoms with Gasteiger partial charge in [0, 0.05) is 11.1 Å². The fourth-order valence-corrected chi connectivity index (χ4v) is 2.81. The van der Waals surface area contributed by atoms with Crippen molar-refractivity contribution in [2.24, 2.45) is 0 Å². The molecule has 0 aliphatic rings. The molecule has 0 saturated carbocycles. The number of hydrogen-bond donors (Lipinski definition) is 6. The summed E-state index contributed by atoms with van der Waals surface area (Å²) in [7, 11) is -9.58. The first-order chi connectivity index (χ1) is 12.6. The number of carboxylic acids is 2. The molecular formula is C14H24Ag4N4O14S2. The van der Waals surface area contributed by atoms with Crippen LogP contribution in [0.25, 0.3) is 0 Å². The summed E-state index contributed by atoms with van der Waals surface area (Å²) in [5.41, 5.74) is -0.815. The number of carbonyl (C=O) groups is 2. The third-order valence-electron chi connectivity index (χ3n) is 2.93. The van der Waals surface area contributed by atoms with Crippen LogP contribution in [0, 0.1) is 0 Å². The molecule has 0 spiro atoms. The second-order valence-electron chi connectivity index (χ2n) is 4.85. The Bertz CT molecular complexity index is 1080. The molecule has 0 unspecified atom stereocenters. The van der Waals surface area contributed by atoms with E-state index in [1.165, 1.54) is 0 Å². The van der Waals surface area contributed by atoms with Crippen LogP contribution in [-0.2, 0) is 110 Å². The molecule has 0 aliphatic carbocycles. The van der Waals surface area contributed by atoms with Gasteiger partial charge in [-0.3, -0.25) is 0 Å². The summed E-state index contributed by atoms with van der Waals surface area (Å²) < 4.78 is 62.7. The van der Waals surface area contributed by atoms with Crippen LogP contribution in [0.1, 0.15) is 20.7 Å². The van der Waals surface area contributed by atoms with Gasteiger partial charge in [-0.15, -0.1) is 0 Å². The number of carbonyl (C=O) groups excluding carboxylic acids is 2. The molecule has 24 heteroatoms. The standard InChI is InChI=1S/2C7H6O6S.4Ag.4H3N.2H2O/c2*8-5-3-4(7(9)10)1-2-6(5)14(11,12)13;;;;;;;;;;/h2*1-3,8H,(H,9,10)(H,11,12,13);;;;;4*1H3;2*1H2/q;;4*+1;;;;;;/p-4. The first kappa shape index (κ1) is 66.1.